The summed E-state index contributed by atoms with van der Waals surface area (Å²) in [5.41, 5.74) is 1.83. The van der Waals surface area contributed by atoms with Crippen molar-refractivity contribution in [2.75, 3.05) is 19.0 Å². The first kappa shape index (κ1) is 18.9. The minimum Gasteiger partial charge on any atom is -0.468 e. The molecule has 1 saturated carbocycles. The SMILES string of the molecule is COC(=O)C1(NCC(=O)NC(=O)Nc2ccc(C)cc2C)CCCC1. The second-order valence-electron chi connectivity index (χ2n) is 6.46. The molecule has 1 aliphatic rings. The normalized spacial score (nSPS) is 15.5. The Labute approximate surface area is 147 Å². The van der Waals surface area contributed by atoms with E-state index in [1.807, 2.05) is 26.0 Å². The van der Waals surface area contributed by atoms with Crippen molar-refractivity contribution in [1.29, 1.82) is 0 Å². The largest absolute Gasteiger partial charge is 0.468 e. The summed E-state index contributed by atoms with van der Waals surface area (Å²) in [7, 11) is 1.33. The van der Waals surface area contributed by atoms with Crippen molar-refractivity contribution >= 4 is 23.6 Å². The standard InChI is InChI=1S/C18H25N3O4/c1-12-6-7-14(13(2)10-12)20-17(24)21-15(22)11-19-18(16(23)25-3)8-4-5-9-18/h6-7,10,19H,4-5,8-9,11H2,1-3H3,(H2,20,21,22,24). The highest BCUT2D eigenvalue weighted by Crippen LogP contribution is 2.30. The summed E-state index contributed by atoms with van der Waals surface area (Å²) in [4.78, 5) is 36.0. The molecule has 136 valence electrons. The first-order chi connectivity index (χ1) is 11.9. The molecule has 25 heavy (non-hydrogen) atoms. The lowest BCUT2D eigenvalue weighted by molar-refractivity contribution is -0.148. The van der Waals surface area contributed by atoms with Gasteiger partial charge >= 0.3 is 12.0 Å². The molecule has 3 amide bonds. The molecule has 1 fully saturated rings. The monoisotopic (exact) mass is 347 g/mol. The van der Waals surface area contributed by atoms with Crippen molar-refractivity contribution in [3.8, 4) is 0 Å². The van der Waals surface area contributed by atoms with Crippen molar-refractivity contribution in [1.82, 2.24) is 10.6 Å². The fourth-order valence-electron chi connectivity index (χ4n) is 3.15. The number of esters is 1. The molecule has 0 aromatic heterocycles. The molecule has 0 atom stereocenters. The second kappa shape index (κ2) is 8.11. The summed E-state index contributed by atoms with van der Waals surface area (Å²) in [6.45, 7) is 3.72. The van der Waals surface area contributed by atoms with E-state index in [1.54, 1.807) is 6.07 Å². The van der Waals surface area contributed by atoms with Crippen molar-refractivity contribution in [3.05, 3.63) is 29.3 Å². The summed E-state index contributed by atoms with van der Waals surface area (Å²) in [5, 5.41) is 7.88. The Morgan fingerprint density at radius 2 is 1.84 bits per heavy atom. The van der Waals surface area contributed by atoms with Gasteiger partial charge < -0.3 is 10.1 Å². The third kappa shape index (κ3) is 4.79. The Bertz CT molecular complexity index is 666. The van der Waals surface area contributed by atoms with Gasteiger partial charge in [-0.2, -0.15) is 0 Å². The van der Waals surface area contributed by atoms with E-state index in [0.717, 1.165) is 24.0 Å². The van der Waals surface area contributed by atoms with E-state index in [-0.39, 0.29) is 12.5 Å². The topological polar surface area (TPSA) is 96.5 Å². The van der Waals surface area contributed by atoms with Gasteiger partial charge in [0.1, 0.15) is 5.54 Å². The molecule has 3 N–H and O–H groups in total. The number of hydrogen-bond acceptors (Lipinski definition) is 5. The first-order valence-electron chi connectivity index (χ1n) is 8.38. The van der Waals surface area contributed by atoms with E-state index in [4.69, 9.17) is 4.74 Å². The van der Waals surface area contributed by atoms with Gasteiger partial charge in [0.25, 0.3) is 0 Å². The van der Waals surface area contributed by atoms with E-state index in [2.05, 4.69) is 16.0 Å². The van der Waals surface area contributed by atoms with E-state index >= 15 is 0 Å². The van der Waals surface area contributed by atoms with Gasteiger partial charge in [0.2, 0.25) is 5.91 Å². The highest BCUT2D eigenvalue weighted by Gasteiger charge is 2.42. The number of imide groups is 1. The number of hydrogen-bond donors (Lipinski definition) is 3. The lowest BCUT2D eigenvalue weighted by Gasteiger charge is -2.26. The van der Waals surface area contributed by atoms with Gasteiger partial charge in [0.05, 0.1) is 13.7 Å². The zero-order valence-electron chi connectivity index (χ0n) is 14.9. The quantitative estimate of drug-likeness (QED) is 0.708. The number of urea groups is 1. The molecule has 0 spiro atoms. The molecule has 0 bridgehead atoms. The van der Waals surface area contributed by atoms with E-state index in [1.165, 1.54) is 7.11 Å². The average Bonchev–Trinajstić information content (AvgIpc) is 3.05. The molecule has 1 aliphatic carbocycles. The molecule has 0 saturated heterocycles. The summed E-state index contributed by atoms with van der Waals surface area (Å²) in [6, 6.07) is 5.01. The van der Waals surface area contributed by atoms with Gasteiger partial charge in [-0.15, -0.1) is 0 Å². The van der Waals surface area contributed by atoms with Crippen LogP contribution in [0.15, 0.2) is 18.2 Å². The number of nitrogens with one attached hydrogen (secondary N) is 3. The highest BCUT2D eigenvalue weighted by molar-refractivity contribution is 6.02. The molecule has 0 aliphatic heterocycles. The fourth-order valence-corrected chi connectivity index (χ4v) is 3.15. The zero-order valence-corrected chi connectivity index (χ0v) is 14.9. The first-order valence-corrected chi connectivity index (χ1v) is 8.38. The molecule has 7 nitrogen and oxygen atoms in total. The van der Waals surface area contributed by atoms with E-state index < -0.39 is 17.5 Å². The Hall–Kier alpha value is -2.41. The van der Waals surface area contributed by atoms with Gasteiger partial charge in [-0.05, 0) is 38.3 Å². The molecule has 1 aromatic rings. The van der Waals surface area contributed by atoms with Crippen LogP contribution in [0.4, 0.5) is 10.5 Å². The van der Waals surface area contributed by atoms with E-state index in [9.17, 15) is 14.4 Å². The lowest BCUT2D eigenvalue weighted by atomic mass is 9.98. The number of benzene rings is 1. The minimum absolute atomic E-state index is 0.130. The van der Waals surface area contributed by atoms with Crippen LogP contribution in [0.5, 0.6) is 0 Å². The van der Waals surface area contributed by atoms with Crippen LogP contribution in [-0.4, -0.2) is 37.1 Å². The number of anilines is 1. The van der Waals surface area contributed by atoms with Crippen LogP contribution < -0.4 is 16.0 Å². The lowest BCUT2D eigenvalue weighted by Crippen LogP contribution is -2.54. The second-order valence-corrected chi connectivity index (χ2v) is 6.46. The van der Waals surface area contributed by atoms with Crippen molar-refractivity contribution in [3.63, 3.8) is 0 Å². The van der Waals surface area contributed by atoms with Gasteiger partial charge in [-0.1, -0.05) is 30.5 Å². The van der Waals surface area contributed by atoms with Crippen LogP contribution in [0.2, 0.25) is 0 Å². The minimum atomic E-state index is -0.823. The number of aryl methyl sites for hydroxylation is 2. The van der Waals surface area contributed by atoms with Gasteiger partial charge in [-0.25, -0.2) is 4.79 Å². The Balaban J connectivity index is 1.87. The maximum atomic E-state index is 12.0. The summed E-state index contributed by atoms with van der Waals surface area (Å²) in [5.74, 6) is -0.866. The smallest absolute Gasteiger partial charge is 0.326 e. The Morgan fingerprint density at radius 3 is 2.44 bits per heavy atom. The number of ether oxygens (including phenoxy) is 1. The van der Waals surface area contributed by atoms with Crippen molar-refractivity contribution in [2.24, 2.45) is 0 Å². The number of carbonyl (C=O) groups is 3. The average molecular weight is 347 g/mol. The maximum Gasteiger partial charge on any atom is 0.326 e. The predicted molar refractivity (Wildman–Crippen MR) is 94.3 cm³/mol. The molecule has 1 aromatic carbocycles. The molecule has 0 radical (unpaired) electrons. The molecular formula is C18H25N3O4. The number of amides is 3. The molecule has 7 heteroatoms. The number of carbonyl (C=O) groups excluding carboxylic acids is 3. The van der Waals surface area contributed by atoms with Gasteiger partial charge in [0.15, 0.2) is 0 Å². The zero-order chi connectivity index (χ0) is 18.4. The van der Waals surface area contributed by atoms with Crippen molar-refractivity contribution in [2.45, 2.75) is 45.1 Å². The van der Waals surface area contributed by atoms with Crippen molar-refractivity contribution < 1.29 is 19.1 Å². The maximum absolute atomic E-state index is 12.0. The van der Waals surface area contributed by atoms with E-state index in [0.29, 0.717) is 18.5 Å². The number of rotatable bonds is 5. The Morgan fingerprint density at radius 1 is 1.16 bits per heavy atom. The Kier molecular flexibility index (Phi) is 6.14. The number of methoxy groups -OCH3 is 1. The predicted octanol–water partition coefficient (Wildman–Crippen LogP) is 2.03. The molecule has 2 rings (SSSR count). The summed E-state index contributed by atoms with van der Waals surface area (Å²) >= 11 is 0. The van der Waals surface area contributed by atoms with Crippen LogP contribution >= 0.6 is 0 Å². The molecule has 0 unspecified atom stereocenters. The van der Waals surface area contributed by atoms with Crippen LogP contribution in [0.1, 0.15) is 36.8 Å². The third-order valence-electron chi connectivity index (χ3n) is 4.50. The third-order valence-corrected chi connectivity index (χ3v) is 4.50. The van der Waals surface area contributed by atoms with Crippen LogP contribution in [0.3, 0.4) is 0 Å². The van der Waals surface area contributed by atoms with Gasteiger partial charge in [-0.3, -0.25) is 20.2 Å². The van der Waals surface area contributed by atoms with Crippen LogP contribution in [-0.2, 0) is 14.3 Å². The summed E-state index contributed by atoms with van der Waals surface area (Å²) < 4.78 is 4.84. The fraction of sp³-hybridized carbons (Fsp3) is 0.500. The molecule has 0 heterocycles. The van der Waals surface area contributed by atoms with Crippen LogP contribution in [0.25, 0.3) is 0 Å². The molecular weight excluding hydrogens is 322 g/mol. The van der Waals surface area contributed by atoms with Gasteiger partial charge in [0, 0.05) is 5.69 Å². The summed E-state index contributed by atoms with van der Waals surface area (Å²) in [6.07, 6.45) is 3.05. The highest BCUT2D eigenvalue weighted by atomic mass is 16.5. The van der Waals surface area contributed by atoms with Crippen LogP contribution in [0, 0.1) is 13.8 Å².